The molecule has 0 saturated heterocycles. The van der Waals surface area contributed by atoms with E-state index in [1.165, 1.54) is 17.3 Å². The second-order valence-electron chi connectivity index (χ2n) is 9.05. The highest BCUT2D eigenvalue weighted by atomic mass is 32.2. The molecule has 1 aliphatic rings. The van der Waals surface area contributed by atoms with Crippen molar-refractivity contribution in [3.63, 3.8) is 0 Å². The number of benzene rings is 1. The molecule has 0 unspecified atom stereocenters. The first-order chi connectivity index (χ1) is 15.2. The summed E-state index contributed by atoms with van der Waals surface area (Å²) < 4.78 is 7.58. The van der Waals surface area contributed by atoms with Crippen molar-refractivity contribution in [2.45, 2.75) is 62.9 Å². The molecule has 1 aliphatic heterocycles. The number of ketones is 1. The Bertz CT molecular complexity index is 1140. The van der Waals surface area contributed by atoms with Crippen molar-refractivity contribution in [3.8, 4) is 0 Å². The number of allylic oxidation sites excluding steroid dienone is 2. The van der Waals surface area contributed by atoms with Gasteiger partial charge in [-0.25, -0.2) is 0 Å². The zero-order valence-electron chi connectivity index (χ0n) is 19.5. The Morgan fingerprint density at radius 2 is 1.91 bits per heavy atom. The molecule has 3 aromatic rings. The number of fused-ring (bicyclic) bond motifs is 1. The number of aromatic nitrogens is 3. The molecule has 4 rings (SSSR count). The largest absolute Gasteiger partial charge is 0.467 e. The third-order valence-corrected chi connectivity index (χ3v) is 7.16. The molecule has 0 radical (unpaired) electrons. The number of anilines is 1. The van der Waals surface area contributed by atoms with Gasteiger partial charge in [0.2, 0.25) is 0 Å². The third kappa shape index (κ3) is 4.01. The van der Waals surface area contributed by atoms with E-state index in [0.29, 0.717) is 6.54 Å². The molecule has 7 heteroatoms. The normalized spacial score (nSPS) is 17.2. The first-order valence-corrected chi connectivity index (χ1v) is 11.8. The summed E-state index contributed by atoms with van der Waals surface area (Å²) in [5, 5.41) is 9.22. The summed E-state index contributed by atoms with van der Waals surface area (Å²) in [4.78, 5) is 15.4. The summed E-state index contributed by atoms with van der Waals surface area (Å²) >= 11 is 1.44. The van der Waals surface area contributed by atoms with Gasteiger partial charge in [-0.1, -0.05) is 57.7 Å². The zero-order valence-corrected chi connectivity index (χ0v) is 20.3. The van der Waals surface area contributed by atoms with Crippen LogP contribution in [0.5, 0.6) is 0 Å². The number of furan rings is 1. The molecule has 0 bridgehead atoms. The Morgan fingerprint density at radius 1 is 1.16 bits per heavy atom. The molecule has 32 heavy (non-hydrogen) atoms. The molecule has 0 saturated carbocycles. The van der Waals surface area contributed by atoms with Crippen LogP contribution in [0, 0.1) is 0 Å². The van der Waals surface area contributed by atoms with E-state index in [-0.39, 0.29) is 22.4 Å². The topological polar surface area (TPSA) is 64.2 Å². The highest BCUT2D eigenvalue weighted by Crippen LogP contribution is 2.46. The molecule has 6 nitrogen and oxygen atoms in total. The summed E-state index contributed by atoms with van der Waals surface area (Å²) in [6, 6.07) is 12.1. The Labute approximate surface area is 193 Å². The molecule has 1 atom stereocenters. The molecule has 0 amide bonds. The number of para-hydroxylation sites is 1. The lowest BCUT2D eigenvalue weighted by Gasteiger charge is -2.24. The van der Waals surface area contributed by atoms with Gasteiger partial charge in [0, 0.05) is 35.8 Å². The number of carbonyl (C=O) groups excluding carboxylic acids is 1. The van der Waals surface area contributed by atoms with Crippen LogP contribution in [-0.2, 0) is 16.8 Å². The van der Waals surface area contributed by atoms with E-state index in [0.717, 1.165) is 28.1 Å². The van der Waals surface area contributed by atoms with Crippen molar-refractivity contribution in [1.82, 2.24) is 14.8 Å². The molecular weight excluding hydrogens is 420 g/mol. The average molecular weight is 451 g/mol. The van der Waals surface area contributed by atoms with Gasteiger partial charge >= 0.3 is 0 Å². The van der Waals surface area contributed by atoms with Gasteiger partial charge in [0.1, 0.15) is 11.6 Å². The van der Waals surface area contributed by atoms with E-state index in [1.807, 2.05) is 36.7 Å². The number of carbonyl (C=O) groups is 1. The van der Waals surface area contributed by atoms with Crippen LogP contribution in [0.2, 0.25) is 0 Å². The van der Waals surface area contributed by atoms with Crippen molar-refractivity contribution in [1.29, 1.82) is 0 Å². The monoisotopic (exact) mass is 450 g/mol. The number of hydrogen-bond donors (Lipinski definition) is 0. The van der Waals surface area contributed by atoms with Crippen molar-refractivity contribution < 1.29 is 9.21 Å². The smallest absolute Gasteiger partial charge is 0.192 e. The summed E-state index contributed by atoms with van der Waals surface area (Å²) in [5.74, 6) is 2.00. The molecule has 0 fully saturated rings. The third-order valence-electron chi connectivity index (χ3n) is 6.06. The predicted molar refractivity (Wildman–Crippen MR) is 128 cm³/mol. The fraction of sp³-hybridized carbons (Fsp3) is 0.400. The average Bonchev–Trinajstić information content (AvgIpc) is 3.45. The number of nitrogens with zero attached hydrogens (tertiary/aromatic N) is 4. The van der Waals surface area contributed by atoms with Crippen LogP contribution in [0.1, 0.15) is 57.7 Å². The molecule has 0 aliphatic carbocycles. The second kappa shape index (κ2) is 8.62. The minimum atomic E-state index is -0.296. The summed E-state index contributed by atoms with van der Waals surface area (Å²) in [6.07, 6.45) is 3.46. The maximum atomic E-state index is 13.3. The van der Waals surface area contributed by atoms with Crippen molar-refractivity contribution in [3.05, 3.63) is 71.6 Å². The lowest BCUT2D eigenvalue weighted by molar-refractivity contribution is -0.114. The summed E-state index contributed by atoms with van der Waals surface area (Å²) in [7, 11) is 2.03. The van der Waals surface area contributed by atoms with Crippen LogP contribution in [-0.4, -0.2) is 32.8 Å². The van der Waals surface area contributed by atoms with Crippen LogP contribution in [0.4, 0.5) is 5.69 Å². The molecule has 2 aromatic heterocycles. The van der Waals surface area contributed by atoms with Crippen LogP contribution in [0.15, 0.2) is 64.0 Å². The van der Waals surface area contributed by atoms with E-state index >= 15 is 0 Å². The highest BCUT2D eigenvalue weighted by molar-refractivity contribution is 8.00. The van der Waals surface area contributed by atoms with Gasteiger partial charge in [0.15, 0.2) is 10.9 Å². The Morgan fingerprint density at radius 3 is 2.56 bits per heavy atom. The molecule has 168 valence electrons. The lowest BCUT2D eigenvalue weighted by atomic mass is 9.83. The van der Waals surface area contributed by atoms with Gasteiger partial charge < -0.3 is 9.32 Å². The van der Waals surface area contributed by atoms with E-state index in [1.54, 1.807) is 12.3 Å². The zero-order chi connectivity index (χ0) is 23.0. The van der Waals surface area contributed by atoms with E-state index in [2.05, 4.69) is 61.0 Å². The van der Waals surface area contributed by atoms with Gasteiger partial charge in [0.05, 0.1) is 18.1 Å². The highest BCUT2D eigenvalue weighted by Gasteiger charge is 2.39. The minimum Gasteiger partial charge on any atom is -0.467 e. The van der Waals surface area contributed by atoms with E-state index < -0.39 is 0 Å². The first kappa shape index (κ1) is 22.4. The van der Waals surface area contributed by atoms with Gasteiger partial charge in [-0.05, 0) is 30.7 Å². The predicted octanol–water partition coefficient (Wildman–Crippen LogP) is 5.40. The van der Waals surface area contributed by atoms with Gasteiger partial charge in [0.25, 0.3) is 0 Å². The Kier molecular flexibility index (Phi) is 6.03. The van der Waals surface area contributed by atoms with Gasteiger partial charge in [-0.3, -0.25) is 9.36 Å². The maximum absolute atomic E-state index is 13.3. The van der Waals surface area contributed by atoms with E-state index in [4.69, 9.17) is 4.42 Å². The SMILES string of the molecule is CC(C)c1nnc(S[C@H](C)C(=O)/C=C2/N(C)c3ccccc3C2(C)C)n1Cc1ccco1. The van der Waals surface area contributed by atoms with E-state index in [9.17, 15) is 4.79 Å². The van der Waals surface area contributed by atoms with Crippen LogP contribution in [0.25, 0.3) is 0 Å². The number of hydrogen-bond acceptors (Lipinski definition) is 6. The molecular formula is C25H30N4O2S. The van der Waals surface area contributed by atoms with Crippen molar-refractivity contribution in [2.24, 2.45) is 0 Å². The van der Waals surface area contributed by atoms with Crippen molar-refractivity contribution in [2.75, 3.05) is 11.9 Å². The first-order valence-electron chi connectivity index (χ1n) is 10.9. The fourth-order valence-corrected chi connectivity index (χ4v) is 5.12. The molecule has 0 N–H and O–H groups in total. The van der Waals surface area contributed by atoms with Crippen LogP contribution < -0.4 is 4.90 Å². The fourth-order valence-electron chi connectivity index (χ4n) is 4.25. The molecule has 1 aromatic carbocycles. The lowest BCUT2D eigenvalue weighted by Crippen LogP contribution is -2.25. The summed E-state index contributed by atoms with van der Waals surface area (Å²) in [6.45, 7) is 11.0. The van der Waals surface area contributed by atoms with Crippen LogP contribution in [0.3, 0.4) is 0 Å². The summed E-state index contributed by atoms with van der Waals surface area (Å²) in [5.41, 5.74) is 3.17. The standard InChI is InChI=1S/C25H30N4O2S/c1-16(2)23-26-27-24(29(23)15-18-10-9-13-31-18)32-17(3)21(30)14-22-25(4,5)19-11-7-8-12-20(19)28(22)6/h7-14,16-17H,15H2,1-6H3/b22-14+/t17-/m1/s1. The van der Waals surface area contributed by atoms with Gasteiger partial charge in [-0.15, -0.1) is 10.2 Å². The number of likely N-dealkylation sites (N-methyl/N-ethyl adjacent to an activating group) is 1. The molecule has 0 spiro atoms. The Hall–Kier alpha value is -2.80. The van der Waals surface area contributed by atoms with Gasteiger partial charge in [-0.2, -0.15) is 0 Å². The van der Waals surface area contributed by atoms with Crippen LogP contribution >= 0.6 is 11.8 Å². The maximum Gasteiger partial charge on any atom is 0.192 e. The quantitative estimate of drug-likeness (QED) is 0.355. The second-order valence-corrected chi connectivity index (χ2v) is 10.4. The number of rotatable bonds is 7. The van der Waals surface area contributed by atoms with Crippen molar-refractivity contribution >= 4 is 23.2 Å². The minimum absolute atomic E-state index is 0.0661. The Balaban J connectivity index is 1.57. The number of thioether (sulfide) groups is 1. The molecule has 3 heterocycles.